The van der Waals surface area contributed by atoms with Gasteiger partial charge in [-0.05, 0) is 19.4 Å². The zero-order valence-corrected chi connectivity index (χ0v) is 10.1. The first-order valence-electron chi connectivity index (χ1n) is 5.31. The van der Waals surface area contributed by atoms with Crippen molar-refractivity contribution in [1.29, 1.82) is 0 Å². The molecule has 0 spiro atoms. The lowest BCUT2D eigenvalue weighted by Gasteiger charge is -2.21. The minimum atomic E-state index is -1.13. The third kappa shape index (κ3) is 5.12. The highest BCUT2D eigenvalue weighted by Crippen LogP contribution is 2.09. The SMILES string of the molecule is C[Si](C)(C)C#CCC1CCCCN1. The molecule has 0 aromatic heterocycles. The maximum Gasteiger partial charge on any atom is 0.129 e. The third-order valence-corrected chi connectivity index (χ3v) is 3.15. The largest absolute Gasteiger partial charge is 0.313 e. The molecule has 1 heterocycles. The molecule has 0 aliphatic carbocycles. The molecule has 0 bridgehead atoms. The molecular formula is C11H21NSi. The predicted molar refractivity (Wildman–Crippen MR) is 61.4 cm³/mol. The number of nitrogens with one attached hydrogen (secondary N) is 1. The van der Waals surface area contributed by atoms with Gasteiger partial charge in [0, 0.05) is 12.5 Å². The number of hydrogen-bond donors (Lipinski definition) is 1. The van der Waals surface area contributed by atoms with Crippen LogP contribution in [0.15, 0.2) is 0 Å². The molecule has 1 nitrogen and oxygen atoms in total. The van der Waals surface area contributed by atoms with E-state index in [1.54, 1.807) is 0 Å². The summed E-state index contributed by atoms with van der Waals surface area (Å²) < 4.78 is 0. The van der Waals surface area contributed by atoms with Gasteiger partial charge in [0.05, 0.1) is 0 Å². The van der Waals surface area contributed by atoms with Gasteiger partial charge in [0.2, 0.25) is 0 Å². The Hall–Kier alpha value is -0.263. The minimum Gasteiger partial charge on any atom is -0.313 e. The van der Waals surface area contributed by atoms with E-state index in [0.717, 1.165) is 6.42 Å². The van der Waals surface area contributed by atoms with E-state index in [0.29, 0.717) is 6.04 Å². The lowest BCUT2D eigenvalue weighted by atomic mass is 10.0. The highest BCUT2D eigenvalue weighted by molar-refractivity contribution is 6.83. The molecule has 13 heavy (non-hydrogen) atoms. The molecule has 1 atom stereocenters. The Morgan fingerprint density at radius 3 is 2.62 bits per heavy atom. The van der Waals surface area contributed by atoms with Crippen molar-refractivity contribution in [2.24, 2.45) is 0 Å². The summed E-state index contributed by atoms with van der Waals surface area (Å²) >= 11 is 0. The molecule has 1 rings (SSSR count). The Kier molecular flexibility index (Phi) is 4.02. The Bertz CT molecular complexity index is 200. The van der Waals surface area contributed by atoms with Crippen LogP contribution < -0.4 is 5.32 Å². The second kappa shape index (κ2) is 4.83. The minimum absolute atomic E-state index is 0.678. The maximum atomic E-state index is 3.52. The highest BCUT2D eigenvalue weighted by Gasteiger charge is 2.11. The Labute approximate surface area is 83.3 Å². The van der Waals surface area contributed by atoms with Gasteiger partial charge in [-0.1, -0.05) is 26.1 Å². The van der Waals surface area contributed by atoms with Crippen LogP contribution in [0.2, 0.25) is 19.6 Å². The van der Waals surface area contributed by atoms with Crippen molar-refractivity contribution in [3.63, 3.8) is 0 Å². The topological polar surface area (TPSA) is 12.0 Å². The molecule has 0 aromatic rings. The molecule has 2 heteroatoms. The van der Waals surface area contributed by atoms with Crippen molar-refractivity contribution in [2.75, 3.05) is 6.54 Å². The van der Waals surface area contributed by atoms with E-state index in [1.807, 2.05) is 0 Å². The summed E-state index contributed by atoms with van der Waals surface area (Å²) in [5, 5.41) is 3.52. The van der Waals surface area contributed by atoms with Crippen LogP contribution in [-0.2, 0) is 0 Å². The second-order valence-corrected chi connectivity index (χ2v) is 9.65. The summed E-state index contributed by atoms with van der Waals surface area (Å²) in [6.07, 6.45) is 5.11. The van der Waals surface area contributed by atoms with Gasteiger partial charge in [0.25, 0.3) is 0 Å². The van der Waals surface area contributed by atoms with Crippen molar-refractivity contribution < 1.29 is 0 Å². The van der Waals surface area contributed by atoms with E-state index in [-0.39, 0.29) is 0 Å². The molecule has 0 radical (unpaired) electrons. The van der Waals surface area contributed by atoms with Gasteiger partial charge in [-0.25, -0.2) is 0 Å². The second-order valence-electron chi connectivity index (χ2n) is 4.90. The molecule has 1 saturated heterocycles. The van der Waals surface area contributed by atoms with Crippen molar-refractivity contribution in [2.45, 2.75) is 51.4 Å². The molecule has 1 fully saturated rings. The van der Waals surface area contributed by atoms with Crippen molar-refractivity contribution in [3.8, 4) is 11.5 Å². The molecule has 1 aliphatic rings. The quantitative estimate of drug-likeness (QED) is 0.500. The Balaban J connectivity index is 2.27. The fourth-order valence-corrected chi connectivity index (χ4v) is 2.17. The molecule has 74 valence electrons. The molecule has 1 N–H and O–H groups in total. The van der Waals surface area contributed by atoms with E-state index in [2.05, 4.69) is 36.4 Å². The first-order chi connectivity index (χ1) is 6.08. The summed E-state index contributed by atoms with van der Waals surface area (Å²) in [5.41, 5.74) is 3.42. The van der Waals surface area contributed by atoms with Gasteiger partial charge in [-0.2, -0.15) is 0 Å². The van der Waals surface area contributed by atoms with Crippen LogP contribution in [0.25, 0.3) is 0 Å². The zero-order valence-electron chi connectivity index (χ0n) is 9.11. The van der Waals surface area contributed by atoms with Crippen LogP contribution in [0.4, 0.5) is 0 Å². The van der Waals surface area contributed by atoms with Crippen LogP contribution in [0.1, 0.15) is 25.7 Å². The van der Waals surface area contributed by atoms with E-state index in [1.165, 1.54) is 25.8 Å². The summed E-state index contributed by atoms with van der Waals surface area (Å²) in [4.78, 5) is 0. The molecule has 0 saturated carbocycles. The Morgan fingerprint density at radius 2 is 2.08 bits per heavy atom. The van der Waals surface area contributed by atoms with E-state index < -0.39 is 8.07 Å². The van der Waals surface area contributed by atoms with Crippen LogP contribution in [0.5, 0.6) is 0 Å². The average Bonchev–Trinajstić information content (AvgIpc) is 2.04. The van der Waals surface area contributed by atoms with Gasteiger partial charge in [0.1, 0.15) is 8.07 Å². The number of hydrogen-bond acceptors (Lipinski definition) is 1. The molecular weight excluding hydrogens is 174 g/mol. The van der Waals surface area contributed by atoms with E-state index >= 15 is 0 Å². The lowest BCUT2D eigenvalue weighted by Crippen LogP contribution is -2.33. The molecule has 0 amide bonds. The Morgan fingerprint density at radius 1 is 1.31 bits per heavy atom. The fraction of sp³-hybridized carbons (Fsp3) is 0.818. The van der Waals surface area contributed by atoms with Crippen LogP contribution in [-0.4, -0.2) is 20.7 Å². The van der Waals surface area contributed by atoms with Gasteiger partial charge in [-0.3, -0.25) is 0 Å². The fourth-order valence-electron chi connectivity index (χ4n) is 1.54. The third-order valence-electron chi connectivity index (χ3n) is 2.22. The van der Waals surface area contributed by atoms with Crippen LogP contribution in [0, 0.1) is 11.5 Å². The predicted octanol–water partition coefficient (Wildman–Crippen LogP) is 2.40. The molecule has 1 unspecified atom stereocenters. The first-order valence-corrected chi connectivity index (χ1v) is 8.81. The maximum absolute atomic E-state index is 3.52. The molecule has 1 aliphatic heterocycles. The van der Waals surface area contributed by atoms with Crippen molar-refractivity contribution in [3.05, 3.63) is 0 Å². The standard InChI is InChI=1S/C11H21NSi/c1-13(2,3)10-6-8-11-7-4-5-9-12-11/h11-12H,4-5,7-9H2,1-3H3. The van der Waals surface area contributed by atoms with Crippen molar-refractivity contribution in [1.82, 2.24) is 5.32 Å². The van der Waals surface area contributed by atoms with Crippen molar-refractivity contribution >= 4 is 8.07 Å². The monoisotopic (exact) mass is 195 g/mol. The van der Waals surface area contributed by atoms with E-state index in [4.69, 9.17) is 0 Å². The average molecular weight is 195 g/mol. The summed E-state index contributed by atoms with van der Waals surface area (Å²) in [7, 11) is -1.13. The zero-order chi connectivity index (χ0) is 9.73. The lowest BCUT2D eigenvalue weighted by molar-refractivity contribution is 0.407. The summed E-state index contributed by atoms with van der Waals surface area (Å²) in [6, 6.07) is 0.678. The van der Waals surface area contributed by atoms with Gasteiger partial charge < -0.3 is 5.32 Å². The van der Waals surface area contributed by atoms with Gasteiger partial charge in [-0.15, -0.1) is 11.5 Å². The molecule has 0 aromatic carbocycles. The summed E-state index contributed by atoms with van der Waals surface area (Å²) in [6.45, 7) is 8.09. The van der Waals surface area contributed by atoms with Gasteiger partial charge >= 0.3 is 0 Å². The summed E-state index contributed by atoms with van der Waals surface area (Å²) in [5.74, 6) is 3.34. The normalized spacial score (nSPS) is 23.5. The highest BCUT2D eigenvalue weighted by atomic mass is 28.3. The van der Waals surface area contributed by atoms with Crippen LogP contribution >= 0.6 is 0 Å². The van der Waals surface area contributed by atoms with E-state index in [9.17, 15) is 0 Å². The van der Waals surface area contributed by atoms with Crippen LogP contribution in [0.3, 0.4) is 0 Å². The number of rotatable bonds is 1. The smallest absolute Gasteiger partial charge is 0.129 e. The van der Waals surface area contributed by atoms with Gasteiger partial charge in [0.15, 0.2) is 0 Å². The first kappa shape index (κ1) is 10.8. The number of piperidine rings is 1.